The number of hydrogen-bond acceptors (Lipinski definition) is 6. The van der Waals surface area contributed by atoms with Gasteiger partial charge in [-0.15, -0.1) is 10.2 Å². The van der Waals surface area contributed by atoms with Crippen molar-refractivity contribution in [1.29, 1.82) is 0 Å². The summed E-state index contributed by atoms with van der Waals surface area (Å²) < 4.78 is 2.22. The van der Waals surface area contributed by atoms with Gasteiger partial charge in [0.15, 0.2) is 0 Å². The van der Waals surface area contributed by atoms with Crippen LogP contribution in [0.2, 0.25) is 0 Å². The number of anilines is 1. The molecule has 2 atom stereocenters. The van der Waals surface area contributed by atoms with Gasteiger partial charge in [-0.2, -0.15) is 0 Å². The number of amides is 1. The maximum Gasteiger partial charge on any atom is 0.227 e. The van der Waals surface area contributed by atoms with Crippen LogP contribution in [0.4, 0.5) is 5.95 Å². The molecule has 0 aliphatic carbocycles. The van der Waals surface area contributed by atoms with Gasteiger partial charge >= 0.3 is 0 Å². The second-order valence-corrected chi connectivity index (χ2v) is 7.83. The van der Waals surface area contributed by atoms with E-state index in [-0.39, 0.29) is 5.92 Å². The van der Waals surface area contributed by atoms with Crippen LogP contribution in [-0.2, 0) is 17.8 Å². The summed E-state index contributed by atoms with van der Waals surface area (Å²) in [5.41, 5.74) is 0. The molecule has 0 N–H and O–H groups in total. The van der Waals surface area contributed by atoms with E-state index in [4.69, 9.17) is 0 Å². The first-order chi connectivity index (χ1) is 13.3. The van der Waals surface area contributed by atoms with Crippen LogP contribution in [0.25, 0.3) is 0 Å². The molecule has 0 radical (unpaired) electrons. The van der Waals surface area contributed by atoms with Crippen LogP contribution >= 0.6 is 0 Å². The fourth-order valence-corrected chi connectivity index (χ4v) is 4.65. The second kappa shape index (κ2) is 6.90. The normalized spacial score (nSPS) is 25.0. The quantitative estimate of drug-likeness (QED) is 0.812. The number of hydrogen-bond donors (Lipinski definition) is 0. The Morgan fingerprint density at radius 2 is 1.81 bits per heavy atom. The van der Waals surface area contributed by atoms with Gasteiger partial charge in [0, 0.05) is 57.5 Å². The van der Waals surface area contributed by atoms with Gasteiger partial charge in [-0.05, 0) is 31.7 Å². The molecule has 8 nitrogen and oxygen atoms in total. The van der Waals surface area contributed by atoms with E-state index in [9.17, 15) is 4.79 Å². The Morgan fingerprint density at radius 3 is 2.63 bits per heavy atom. The fraction of sp³-hybridized carbons (Fsp3) is 0.632. The summed E-state index contributed by atoms with van der Waals surface area (Å²) in [6.45, 7) is 4.35. The fourth-order valence-electron chi connectivity index (χ4n) is 4.65. The van der Waals surface area contributed by atoms with Crippen molar-refractivity contribution in [3.63, 3.8) is 0 Å². The van der Waals surface area contributed by atoms with Crippen molar-refractivity contribution in [1.82, 2.24) is 29.6 Å². The van der Waals surface area contributed by atoms with E-state index >= 15 is 0 Å². The largest absolute Gasteiger partial charge is 0.342 e. The zero-order valence-corrected chi connectivity index (χ0v) is 15.5. The van der Waals surface area contributed by atoms with E-state index in [2.05, 4.69) is 29.6 Å². The Kier molecular flexibility index (Phi) is 4.26. The van der Waals surface area contributed by atoms with Gasteiger partial charge in [0.2, 0.25) is 11.9 Å². The van der Waals surface area contributed by atoms with Crippen LogP contribution in [-0.4, -0.2) is 61.7 Å². The maximum absolute atomic E-state index is 12.8. The van der Waals surface area contributed by atoms with Crippen molar-refractivity contribution in [3.8, 4) is 0 Å². The first kappa shape index (κ1) is 16.6. The van der Waals surface area contributed by atoms with E-state index in [1.165, 1.54) is 0 Å². The van der Waals surface area contributed by atoms with Gasteiger partial charge in [0.25, 0.3) is 0 Å². The highest BCUT2D eigenvalue weighted by molar-refractivity contribution is 5.79. The Hall–Kier alpha value is -2.51. The van der Waals surface area contributed by atoms with Crippen LogP contribution in [0.1, 0.15) is 43.3 Å². The molecule has 2 fully saturated rings. The highest BCUT2D eigenvalue weighted by Gasteiger charge is 2.35. The number of fused-ring (bicyclic) bond motifs is 1. The summed E-state index contributed by atoms with van der Waals surface area (Å²) in [6, 6.07) is 1.84. The lowest BCUT2D eigenvalue weighted by Crippen LogP contribution is -2.38. The van der Waals surface area contributed by atoms with E-state index < -0.39 is 0 Å². The monoisotopic (exact) mass is 367 g/mol. The molecular formula is C19H25N7O. The number of aromatic nitrogens is 5. The highest BCUT2D eigenvalue weighted by atomic mass is 16.2. The summed E-state index contributed by atoms with van der Waals surface area (Å²) in [6.07, 6.45) is 8.59. The molecule has 3 aliphatic heterocycles. The SMILES string of the molecule is O=C(C1CCc2nnc(C3CCN(c4ncccn4)C3)n2C1)N1CCCC1. The number of aryl methyl sites for hydroxylation is 1. The summed E-state index contributed by atoms with van der Waals surface area (Å²) in [4.78, 5) is 25.8. The molecule has 0 saturated carbocycles. The Bertz CT molecular complexity index is 815. The van der Waals surface area contributed by atoms with Crippen molar-refractivity contribution in [2.75, 3.05) is 31.1 Å². The molecule has 8 heteroatoms. The minimum absolute atomic E-state index is 0.0697. The molecule has 5 rings (SSSR count). The summed E-state index contributed by atoms with van der Waals surface area (Å²) in [5.74, 6) is 3.55. The minimum Gasteiger partial charge on any atom is -0.342 e. The highest BCUT2D eigenvalue weighted by Crippen LogP contribution is 2.31. The zero-order valence-electron chi connectivity index (χ0n) is 15.5. The van der Waals surface area contributed by atoms with Crippen molar-refractivity contribution < 1.29 is 4.79 Å². The lowest BCUT2D eigenvalue weighted by atomic mass is 9.97. The molecule has 0 spiro atoms. The smallest absolute Gasteiger partial charge is 0.227 e. The molecule has 3 aliphatic rings. The van der Waals surface area contributed by atoms with Crippen molar-refractivity contribution in [2.45, 2.75) is 44.6 Å². The summed E-state index contributed by atoms with van der Waals surface area (Å²) in [5, 5.41) is 8.95. The molecule has 2 aromatic rings. The maximum atomic E-state index is 12.8. The van der Waals surface area contributed by atoms with Gasteiger partial charge < -0.3 is 14.4 Å². The van der Waals surface area contributed by atoms with Gasteiger partial charge in [0.1, 0.15) is 11.6 Å². The number of carbonyl (C=O) groups excluding carboxylic acids is 1. The van der Waals surface area contributed by atoms with Crippen LogP contribution in [0, 0.1) is 5.92 Å². The molecule has 5 heterocycles. The predicted molar refractivity (Wildman–Crippen MR) is 99.3 cm³/mol. The standard InChI is InChI=1S/C19H25N7O/c27-18(24-9-1-2-10-24)15-4-5-16-22-23-17(26(16)13-15)14-6-11-25(12-14)19-20-7-3-8-21-19/h3,7-8,14-15H,1-2,4-6,9-13H2. The molecule has 27 heavy (non-hydrogen) atoms. The molecule has 2 unspecified atom stereocenters. The van der Waals surface area contributed by atoms with Crippen LogP contribution < -0.4 is 4.90 Å². The molecule has 0 aromatic carbocycles. The number of nitrogens with zero attached hydrogens (tertiary/aromatic N) is 7. The molecular weight excluding hydrogens is 342 g/mol. The Balaban J connectivity index is 1.32. The van der Waals surface area contributed by atoms with Crippen LogP contribution in [0.3, 0.4) is 0 Å². The average Bonchev–Trinajstić information content (AvgIpc) is 3.47. The van der Waals surface area contributed by atoms with Gasteiger partial charge in [-0.1, -0.05) is 0 Å². The zero-order chi connectivity index (χ0) is 18.2. The lowest BCUT2D eigenvalue weighted by molar-refractivity contribution is -0.135. The second-order valence-electron chi connectivity index (χ2n) is 7.83. The van der Waals surface area contributed by atoms with E-state index in [1.54, 1.807) is 12.4 Å². The Morgan fingerprint density at radius 1 is 1.00 bits per heavy atom. The van der Waals surface area contributed by atoms with Gasteiger partial charge in [0.05, 0.1) is 5.92 Å². The first-order valence-corrected chi connectivity index (χ1v) is 10.0. The third-order valence-corrected chi connectivity index (χ3v) is 6.13. The molecule has 2 saturated heterocycles. The number of rotatable bonds is 3. The van der Waals surface area contributed by atoms with Gasteiger partial charge in [-0.3, -0.25) is 4.79 Å². The predicted octanol–water partition coefficient (Wildman–Crippen LogP) is 1.25. The summed E-state index contributed by atoms with van der Waals surface area (Å²) >= 11 is 0. The van der Waals surface area contributed by atoms with Crippen LogP contribution in [0.5, 0.6) is 0 Å². The van der Waals surface area contributed by atoms with Crippen LogP contribution in [0.15, 0.2) is 18.5 Å². The van der Waals surface area contributed by atoms with E-state index in [0.29, 0.717) is 11.8 Å². The first-order valence-electron chi connectivity index (χ1n) is 10.0. The van der Waals surface area contributed by atoms with E-state index in [0.717, 1.165) is 82.4 Å². The van der Waals surface area contributed by atoms with Gasteiger partial charge in [-0.25, -0.2) is 9.97 Å². The number of carbonyl (C=O) groups is 1. The van der Waals surface area contributed by atoms with Crippen molar-refractivity contribution in [3.05, 3.63) is 30.1 Å². The third kappa shape index (κ3) is 3.07. The lowest BCUT2D eigenvalue weighted by Gasteiger charge is -2.28. The molecule has 0 bridgehead atoms. The summed E-state index contributed by atoms with van der Waals surface area (Å²) in [7, 11) is 0. The minimum atomic E-state index is 0.0697. The van der Waals surface area contributed by atoms with E-state index in [1.807, 2.05) is 11.0 Å². The molecule has 1 amide bonds. The molecule has 2 aromatic heterocycles. The topological polar surface area (TPSA) is 80.0 Å². The number of likely N-dealkylation sites (tertiary alicyclic amines) is 1. The average molecular weight is 367 g/mol. The Labute approximate surface area is 158 Å². The van der Waals surface area contributed by atoms with Crippen molar-refractivity contribution >= 4 is 11.9 Å². The molecule has 142 valence electrons. The van der Waals surface area contributed by atoms with Crippen molar-refractivity contribution in [2.24, 2.45) is 5.92 Å². The third-order valence-electron chi connectivity index (χ3n) is 6.13.